The fourth-order valence-corrected chi connectivity index (χ4v) is 4.49. The predicted octanol–water partition coefficient (Wildman–Crippen LogP) is 3.08. The highest BCUT2D eigenvalue weighted by Crippen LogP contribution is 2.33. The van der Waals surface area contributed by atoms with Gasteiger partial charge in [-0.05, 0) is 31.7 Å². The van der Waals surface area contributed by atoms with Crippen LogP contribution in [0.15, 0.2) is 30.6 Å². The molecule has 34 heavy (non-hydrogen) atoms. The molecule has 1 aliphatic carbocycles. The van der Waals surface area contributed by atoms with Gasteiger partial charge in [0.05, 0.1) is 45.1 Å². The van der Waals surface area contributed by atoms with Gasteiger partial charge in [0.1, 0.15) is 11.3 Å². The molecule has 0 bridgehead atoms. The number of methoxy groups -OCH3 is 2. The molecule has 1 N–H and O–H groups in total. The van der Waals surface area contributed by atoms with Crippen LogP contribution in [0.2, 0.25) is 0 Å². The van der Waals surface area contributed by atoms with Crippen LogP contribution in [-0.2, 0) is 4.74 Å². The summed E-state index contributed by atoms with van der Waals surface area (Å²) < 4.78 is 22.5. The van der Waals surface area contributed by atoms with E-state index in [0.717, 1.165) is 74.5 Å². The first-order valence-electron chi connectivity index (χ1n) is 11.7. The molecule has 0 unspecified atom stereocenters. The van der Waals surface area contributed by atoms with Gasteiger partial charge in [-0.1, -0.05) is 0 Å². The van der Waals surface area contributed by atoms with Crippen molar-refractivity contribution < 1.29 is 18.9 Å². The Morgan fingerprint density at radius 1 is 0.912 bits per heavy atom. The van der Waals surface area contributed by atoms with Crippen LogP contribution in [0.25, 0.3) is 11.0 Å². The molecule has 2 aliphatic rings. The lowest BCUT2D eigenvalue weighted by Gasteiger charge is -2.31. The minimum atomic E-state index is 0.115. The number of hydrogen-bond donors (Lipinski definition) is 1. The molecule has 10 heteroatoms. The molecule has 1 saturated heterocycles. The van der Waals surface area contributed by atoms with Gasteiger partial charge in [-0.25, -0.2) is 4.98 Å². The van der Waals surface area contributed by atoms with Crippen molar-refractivity contribution >= 4 is 22.7 Å². The molecule has 180 valence electrons. The monoisotopic (exact) mass is 466 g/mol. The molecule has 3 heterocycles. The Labute approximate surface area is 198 Å². The highest BCUT2D eigenvalue weighted by molar-refractivity contribution is 5.85. The minimum Gasteiger partial charge on any atom is -0.488 e. The second-order valence-electron chi connectivity index (χ2n) is 8.48. The summed E-state index contributed by atoms with van der Waals surface area (Å²) in [5.74, 6) is 2.25. The summed E-state index contributed by atoms with van der Waals surface area (Å²) in [6, 6.07) is 6.11. The maximum atomic E-state index is 6.51. The fourth-order valence-electron chi connectivity index (χ4n) is 4.49. The van der Waals surface area contributed by atoms with Crippen molar-refractivity contribution in [3.05, 3.63) is 30.6 Å². The number of ether oxygens (including phenoxy) is 4. The average Bonchev–Trinajstić information content (AvgIpc) is 2.90. The lowest BCUT2D eigenvalue weighted by atomic mass is 9.93. The van der Waals surface area contributed by atoms with E-state index in [4.69, 9.17) is 18.9 Å². The minimum absolute atomic E-state index is 0.115. The van der Waals surface area contributed by atoms with Gasteiger partial charge in [-0.2, -0.15) is 9.97 Å². The Morgan fingerprint density at radius 2 is 1.62 bits per heavy atom. The van der Waals surface area contributed by atoms with Crippen LogP contribution in [0.4, 0.5) is 11.6 Å². The van der Waals surface area contributed by atoms with Crippen LogP contribution < -0.4 is 24.4 Å². The quantitative estimate of drug-likeness (QED) is 0.559. The molecule has 0 radical (unpaired) electrons. The molecular formula is C24H30N6O4. The third-order valence-electron chi connectivity index (χ3n) is 6.30. The Kier molecular flexibility index (Phi) is 6.75. The van der Waals surface area contributed by atoms with Crippen LogP contribution in [0.3, 0.4) is 0 Å². The van der Waals surface area contributed by atoms with Crippen LogP contribution in [0.1, 0.15) is 25.7 Å². The number of morpholine rings is 1. The Balaban J connectivity index is 1.26. The third-order valence-corrected chi connectivity index (χ3v) is 6.30. The van der Waals surface area contributed by atoms with E-state index in [9.17, 15) is 0 Å². The highest BCUT2D eigenvalue weighted by atomic mass is 16.5. The zero-order valence-electron chi connectivity index (χ0n) is 19.6. The van der Waals surface area contributed by atoms with Crippen molar-refractivity contribution in [2.24, 2.45) is 0 Å². The first-order chi connectivity index (χ1) is 16.7. The largest absolute Gasteiger partial charge is 0.488 e. The van der Waals surface area contributed by atoms with Gasteiger partial charge in [0.25, 0.3) is 0 Å². The molecule has 1 aliphatic heterocycles. The maximum Gasteiger partial charge on any atom is 0.229 e. The molecule has 0 amide bonds. The maximum absolute atomic E-state index is 6.51. The Morgan fingerprint density at radius 3 is 2.32 bits per heavy atom. The summed E-state index contributed by atoms with van der Waals surface area (Å²) >= 11 is 0. The lowest BCUT2D eigenvalue weighted by Crippen LogP contribution is -2.36. The summed E-state index contributed by atoms with van der Waals surface area (Å²) in [4.78, 5) is 20.2. The third kappa shape index (κ3) is 5.06. The summed E-state index contributed by atoms with van der Waals surface area (Å²) in [6.45, 7) is 3.18. The fraction of sp³-hybridized carbons (Fsp3) is 0.500. The van der Waals surface area contributed by atoms with E-state index in [1.165, 1.54) is 0 Å². The second kappa shape index (κ2) is 10.3. The van der Waals surface area contributed by atoms with Crippen molar-refractivity contribution in [1.82, 2.24) is 19.9 Å². The molecule has 5 rings (SSSR count). The number of hydrogen-bond acceptors (Lipinski definition) is 10. The van der Waals surface area contributed by atoms with Gasteiger partial charge in [-0.15, -0.1) is 0 Å². The first-order valence-corrected chi connectivity index (χ1v) is 11.7. The molecule has 3 aromatic rings. The van der Waals surface area contributed by atoms with Crippen LogP contribution >= 0.6 is 0 Å². The number of fused-ring (bicyclic) bond motifs is 1. The van der Waals surface area contributed by atoms with Crippen molar-refractivity contribution in [2.75, 3.05) is 50.7 Å². The molecule has 2 aromatic heterocycles. The average molecular weight is 467 g/mol. The van der Waals surface area contributed by atoms with E-state index < -0.39 is 0 Å². The zero-order valence-corrected chi connectivity index (χ0v) is 19.6. The molecule has 1 saturated carbocycles. The summed E-state index contributed by atoms with van der Waals surface area (Å²) in [6.07, 6.45) is 7.28. The summed E-state index contributed by atoms with van der Waals surface area (Å²) in [5, 5.41) is 3.42. The molecular weight excluding hydrogens is 436 g/mol. The lowest BCUT2D eigenvalue weighted by molar-refractivity contribution is 0.122. The molecule has 2 fully saturated rings. The standard InChI is InChI=1S/C24H30N6O4/c1-31-21-15-22(32-2)29-24(28-21)27-16-3-5-18(6-4-16)34-20-14-17(30-9-11-33-12-10-30)13-19-23(20)26-8-7-25-19/h7-8,13-16,18H,3-6,9-12H2,1-2H3,(H,27,28,29). The predicted molar refractivity (Wildman–Crippen MR) is 128 cm³/mol. The van der Waals surface area contributed by atoms with E-state index in [2.05, 4.69) is 42.3 Å². The number of nitrogens with one attached hydrogen (secondary N) is 1. The zero-order chi connectivity index (χ0) is 23.3. The number of rotatable bonds is 7. The topological polar surface area (TPSA) is 104 Å². The Bertz CT molecular complexity index is 1090. The molecule has 1 aromatic carbocycles. The highest BCUT2D eigenvalue weighted by Gasteiger charge is 2.25. The SMILES string of the molecule is COc1cc(OC)nc(NC2CCC(Oc3cc(N4CCOCC4)cc4nccnc34)CC2)n1. The first kappa shape index (κ1) is 22.4. The van der Waals surface area contributed by atoms with Gasteiger partial charge in [-0.3, -0.25) is 4.98 Å². The van der Waals surface area contributed by atoms with Crippen LogP contribution in [0.5, 0.6) is 17.5 Å². The molecule has 0 spiro atoms. The van der Waals surface area contributed by atoms with Crippen LogP contribution in [-0.4, -0.2) is 72.6 Å². The number of benzene rings is 1. The second-order valence-corrected chi connectivity index (χ2v) is 8.48. The molecule has 0 atom stereocenters. The van der Waals surface area contributed by atoms with Gasteiger partial charge < -0.3 is 29.2 Å². The van der Waals surface area contributed by atoms with E-state index >= 15 is 0 Å². The van der Waals surface area contributed by atoms with E-state index in [1.54, 1.807) is 32.7 Å². The Hall–Kier alpha value is -3.40. The normalized spacial score (nSPS) is 20.7. The van der Waals surface area contributed by atoms with Crippen molar-refractivity contribution in [1.29, 1.82) is 0 Å². The van der Waals surface area contributed by atoms with Crippen molar-refractivity contribution in [3.63, 3.8) is 0 Å². The number of nitrogens with zero attached hydrogens (tertiary/aromatic N) is 5. The van der Waals surface area contributed by atoms with Gasteiger partial charge >= 0.3 is 0 Å². The molecule has 10 nitrogen and oxygen atoms in total. The number of anilines is 2. The van der Waals surface area contributed by atoms with Crippen molar-refractivity contribution in [3.8, 4) is 17.5 Å². The summed E-state index contributed by atoms with van der Waals surface area (Å²) in [7, 11) is 3.16. The van der Waals surface area contributed by atoms with Gasteiger partial charge in [0.15, 0.2) is 0 Å². The van der Waals surface area contributed by atoms with E-state index in [0.29, 0.717) is 17.7 Å². The van der Waals surface area contributed by atoms with E-state index in [-0.39, 0.29) is 12.1 Å². The van der Waals surface area contributed by atoms with Gasteiger partial charge in [0.2, 0.25) is 17.7 Å². The van der Waals surface area contributed by atoms with Crippen LogP contribution in [0, 0.1) is 0 Å². The smallest absolute Gasteiger partial charge is 0.229 e. The van der Waals surface area contributed by atoms with E-state index in [1.807, 2.05) is 0 Å². The number of aromatic nitrogens is 4. The summed E-state index contributed by atoms with van der Waals surface area (Å²) in [5.41, 5.74) is 2.75. The van der Waals surface area contributed by atoms with Crippen molar-refractivity contribution in [2.45, 2.75) is 37.8 Å². The van der Waals surface area contributed by atoms with Gasteiger partial charge in [0, 0.05) is 43.3 Å².